The van der Waals surface area contributed by atoms with Gasteiger partial charge in [-0.1, -0.05) is 0 Å². The third-order valence-corrected chi connectivity index (χ3v) is 6.61. The number of halogens is 2. The van der Waals surface area contributed by atoms with Gasteiger partial charge in [-0.15, -0.1) is 0 Å². The van der Waals surface area contributed by atoms with Crippen molar-refractivity contribution in [2.24, 2.45) is 0 Å². The third-order valence-electron chi connectivity index (χ3n) is 6.61. The molecule has 1 aliphatic heterocycles. The summed E-state index contributed by atoms with van der Waals surface area (Å²) in [6, 6.07) is 6.01. The maximum absolute atomic E-state index is 15.4. The fourth-order valence-electron chi connectivity index (χ4n) is 4.88. The highest BCUT2D eigenvalue weighted by Crippen LogP contribution is 2.33. The van der Waals surface area contributed by atoms with Gasteiger partial charge in [0.15, 0.2) is 0 Å². The highest BCUT2D eigenvalue weighted by Gasteiger charge is 2.29. The number of ether oxygens (including phenoxy) is 1. The molecule has 3 heterocycles. The molecule has 2 fully saturated rings. The van der Waals surface area contributed by atoms with E-state index in [-0.39, 0.29) is 54.9 Å². The van der Waals surface area contributed by atoms with E-state index in [4.69, 9.17) is 4.74 Å². The summed E-state index contributed by atoms with van der Waals surface area (Å²) in [5.74, 6) is -1.40. The normalized spacial score (nSPS) is 20.5. The van der Waals surface area contributed by atoms with Crippen LogP contribution in [0.4, 0.5) is 19.3 Å². The number of rotatable bonds is 5. The number of nitrogens with one attached hydrogen (secondary N) is 1. The number of carbonyl (C=O) groups excluding carboxylic acids is 1. The number of pyridine rings is 1. The number of carbonyl (C=O) groups is 2. The van der Waals surface area contributed by atoms with Crippen LogP contribution in [0, 0.1) is 18.6 Å². The number of imidazole rings is 1. The molecule has 184 valence electrons. The molecule has 0 spiro atoms. The van der Waals surface area contributed by atoms with Crippen LogP contribution in [0.5, 0.6) is 0 Å². The summed E-state index contributed by atoms with van der Waals surface area (Å²) < 4.78 is 38.3. The van der Waals surface area contributed by atoms with Crippen LogP contribution in [-0.4, -0.2) is 63.1 Å². The number of nitrogens with zero attached hydrogens (tertiary/aromatic N) is 3. The van der Waals surface area contributed by atoms with E-state index in [0.29, 0.717) is 30.6 Å². The Bertz CT molecular complexity index is 1290. The van der Waals surface area contributed by atoms with E-state index in [1.54, 1.807) is 10.6 Å². The lowest BCUT2D eigenvalue weighted by molar-refractivity contribution is -0.117. The van der Waals surface area contributed by atoms with E-state index in [9.17, 15) is 14.7 Å². The van der Waals surface area contributed by atoms with Crippen LogP contribution in [0.3, 0.4) is 0 Å². The zero-order chi connectivity index (χ0) is 24.7. The highest BCUT2D eigenvalue weighted by atomic mass is 19.1. The van der Waals surface area contributed by atoms with Crippen molar-refractivity contribution >= 4 is 23.2 Å². The molecule has 5 rings (SSSR count). The number of morpholine rings is 1. The Morgan fingerprint density at radius 3 is 2.74 bits per heavy atom. The quantitative estimate of drug-likeness (QED) is 0.568. The fourth-order valence-corrected chi connectivity index (χ4v) is 4.88. The summed E-state index contributed by atoms with van der Waals surface area (Å²) >= 11 is 0. The van der Waals surface area contributed by atoms with E-state index < -0.39 is 23.8 Å². The van der Waals surface area contributed by atoms with Crippen LogP contribution in [-0.2, 0) is 16.0 Å². The van der Waals surface area contributed by atoms with E-state index in [0.717, 1.165) is 5.56 Å². The number of benzene rings is 1. The van der Waals surface area contributed by atoms with Crippen molar-refractivity contribution in [1.82, 2.24) is 14.3 Å². The van der Waals surface area contributed by atoms with Gasteiger partial charge in [0.2, 0.25) is 0 Å². The Morgan fingerprint density at radius 1 is 1.29 bits per heavy atom. The molecule has 2 aliphatic rings. The van der Waals surface area contributed by atoms with Gasteiger partial charge in [-0.25, -0.2) is 18.6 Å². The van der Waals surface area contributed by atoms with Gasteiger partial charge in [0.25, 0.3) is 0 Å². The van der Waals surface area contributed by atoms with Gasteiger partial charge < -0.3 is 24.5 Å². The van der Waals surface area contributed by atoms with Gasteiger partial charge in [0.1, 0.15) is 23.1 Å². The van der Waals surface area contributed by atoms with Gasteiger partial charge in [-0.2, -0.15) is 0 Å². The highest BCUT2D eigenvalue weighted by molar-refractivity contribution is 5.82. The summed E-state index contributed by atoms with van der Waals surface area (Å²) in [6.07, 6.45) is 1.95. The lowest BCUT2D eigenvalue weighted by Gasteiger charge is -2.31. The van der Waals surface area contributed by atoms with Crippen LogP contribution < -0.4 is 5.32 Å². The summed E-state index contributed by atoms with van der Waals surface area (Å²) in [7, 11) is 0. The van der Waals surface area contributed by atoms with Gasteiger partial charge in [-0.05, 0) is 43.2 Å². The first kappa shape index (κ1) is 23.2. The molecule has 35 heavy (non-hydrogen) atoms. The second-order valence-corrected chi connectivity index (χ2v) is 9.20. The van der Waals surface area contributed by atoms with E-state index in [1.165, 1.54) is 17.0 Å². The van der Waals surface area contributed by atoms with E-state index >= 15 is 8.78 Å². The Balaban J connectivity index is 1.52. The molecule has 0 radical (unpaired) electrons. The lowest BCUT2D eigenvalue weighted by atomic mass is 10.0. The minimum absolute atomic E-state index is 0.135. The van der Waals surface area contributed by atoms with Gasteiger partial charge in [-0.3, -0.25) is 4.79 Å². The van der Waals surface area contributed by atoms with Crippen molar-refractivity contribution in [3.05, 3.63) is 53.4 Å². The average Bonchev–Trinajstić information content (AvgIpc) is 3.36. The van der Waals surface area contributed by atoms with Gasteiger partial charge in [0, 0.05) is 43.7 Å². The molecular formula is C25H26F2N4O4. The number of hydrogen-bond acceptors (Lipinski definition) is 5. The van der Waals surface area contributed by atoms with Crippen LogP contribution in [0.2, 0.25) is 0 Å². The molecule has 2 atom stereocenters. The number of anilines is 1. The standard InChI is InChI=1S/C25H26F2N4O4/c1-14-4-5-31-21(12-18-13-30(25(33)34)6-7-35-18)24(29-22(31)8-14)23-19(26)10-16(11-20(23)27)28-15-2-3-17(32)9-15/h4-5,8,10-11,15,18,28H,2-3,6-7,9,12-13H2,1H3,(H,33,34)/t15?,18-/m0/s1. The smallest absolute Gasteiger partial charge is 0.407 e. The minimum Gasteiger partial charge on any atom is -0.465 e. The molecule has 1 aromatic carbocycles. The summed E-state index contributed by atoms with van der Waals surface area (Å²) in [6.45, 7) is 2.57. The number of Topliss-reactive ketones (excluding diaryl/α,β-unsaturated/α-hetero) is 1. The molecule has 1 saturated carbocycles. The zero-order valence-electron chi connectivity index (χ0n) is 19.3. The monoisotopic (exact) mass is 484 g/mol. The second-order valence-electron chi connectivity index (χ2n) is 9.20. The van der Waals surface area contributed by atoms with Crippen molar-refractivity contribution in [2.45, 2.75) is 44.8 Å². The second kappa shape index (κ2) is 9.26. The summed E-state index contributed by atoms with van der Waals surface area (Å²) in [4.78, 5) is 28.8. The molecule has 8 nitrogen and oxygen atoms in total. The van der Waals surface area contributed by atoms with Gasteiger partial charge in [0.05, 0.1) is 36.2 Å². The summed E-state index contributed by atoms with van der Waals surface area (Å²) in [5.41, 5.74) is 2.20. The number of hydrogen-bond donors (Lipinski definition) is 2. The SMILES string of the molecule is Cc1ccn2c(C[C@H]3CN(C(=O)O)CCO3)c(-c3c(F)cc(NC4CCC(=O)C4)cc3F)nc2c1. The number of ketones is 1. The first-order chi connectivity index (χ1) is 16.8. The van der Waals surface area contributed by atoms with Crippen LogP contribution in [0.15, 0.2) is 30.5 Å². The average molecular weight is 485 g/mol. The van der Waals surface area contributed by atoms with E-state index in [1.807, 2.05) is 19.1 Å². The van der Waals surface area contributed by atoms with E-state index in [2.05, 4.69) is 10.3 Å². The Labute approximate surface area is 200 Å². The van der Waals surface area contributed by atoms with Crippen molar-refractivity contribution in [2.75, 3.05) is 25.0 Å². The predicted molar refractivity (Wildman–Crippen MR) is 125 cm³/mol. The Morgan fingerprint density at radius 2 is 2.06 bits per heavy atom. The molecule has 1 aliphatic carbocycles. The third kappa shape index (κ3) is 4.70. The Kier molecular flexibility index (Phi) is 6.14. The molecule has 1 saturated heterocycles. The minimum atomic E-state index is -1.03. The number of aromatic nitrogens is 2. The first-order valence-electron chi connectivity index (χ1n) is 11.6. The zero-order valence-corrected chi connectivity index (χ0v) is 19.3. The maximum atomic E-state index is 15.4. The molecular weight excluding hydrogens is 458 g/mol. The predicted octanol–water partition coefficient (Wildman–Crippen LogP) is 4.04. The topological polar surface area (TPSA) is 96.2 Å². The lowest BCUT2D eigenvalue weighted by Crippen LogP contribution is -2.45. The molecule has 1 unspecified atom stereocenters. The summed E-state index contributed by atoms with van der Waals surface area (Å²) in [5, 5.41) is 12.4. The molecule has 1 amide bonds. The maximum Gasteiger partial charge on any atom is 0.407 e. The van der Waals surface area contributed by atoms with Crippen molar-refractivity contribution in [3.63, 3.8) is 0 Å². The van der Waals surface area contributed by atoms with Crippen LogP contribution in [0.25, 0.3) is 16.9 Å². The first-order valence-corrected chi connectivity index (χ1v) is 11.6. The van der Waals surface area contributed by atoms with Crippen molar-refractivity contribution in [3.8, 4) is 11.3 Å². The number of fused-ring (bicyclic) bond motifs is 1. The van der Waals surface area contributed by atoms with Crippen molar-refractivity contribution < 1.29 is 28.2 Å². The molecule has 2 aromatic heterocycles. The van der Waals surface area contributed by atoms with Crippen LogP contribution >= 0.6 is 0 Å². The molecule has 2 N–H and O–H groups in total. The number of amides is 1. The largest absolute Gasteiger partial charge is 0.465 e. The molecule has 0 bridgehead atoms. The number of aryl methyl sites for hydroxylation is 1. The molecule has 3 aromatic rings. The Hall–Kier alpha value is -3.53. The van der Waals surface area contributed by atoms with Crippen LogP contribution in [0.1, 0.15) is 30.5 Å². The fraction of sp³-hybridized carbons (Fsp3) is 0.400. The molecule has 10 heteroatoms. The number of carboxylic acid groups (broad SMARTS) is 1. The van der Waals surface area contributed by atoms with Gasteiger partial charge >= 0.3 is 6.09 Å². The van der Waals surface area contributed by atoms with Crippen molar-refractivity contribution in [1.29, 1.82) is 0 Å².